The molecule has 2 unspecified atom stereocenters. The van der Waals surface area contributed by atoms with Gasteiger partial charge in [-0.05, 0) is 12.8 Å². The summed E-state index contributed by atoms with van der Waals surface area (Å²) in [4.78, 5) is 0. The van der Waals surface area contributed by atoms with Gasteiger partial charge in [0.2, 0.25) is 0 Å². The molecule has 0 aliphatic heterocycles. The lowest BCUT2D eigenvalue weighted by Gasteiger charge is -2.38. The molecule has 6 heteroatoms. The maximum Gasteiger partial charge on any atom is 0.352 e. The van der Waals surface area contributed by atoms with E-state index < -0.39 is 12.2 Å². The molecule has 1 aliphatic rings. The second kappa shape index (κ2) is 4.71. The van der Waals surface area contributed by atoms with Crippen molar-refractivity contribution in [2.45, 2.75) is 35.7 Å². The van der Waals surface area contributed by atoms with E-state index in [1.165, 1.54) is 14.2 Å². The fraction of sp³-hybridized carbons (Fsp3) is 1.00. The number of halogens is 2. The van der Waals surface area contributed by atoms with E-state index in [4.69, 9.17) is 32.2 Å². The lowest BCUT2D eigenvalue weighted by Crippen LogP contribution is -2.36. The molecule has 84 valence electrons. The molecule has 0 amide bonds. The smallest absolute Gasteiger partial charge is 0.311 e. The Bertz CT molecular complexity index is 241. The topological polar surface area (TPSA) is 35.5 Å². The first-order valence-corrected chi connectivity index (χ1v) is 6.90. The monoisotopic (exact) mass is 260 g/mol. The third-order valence-corrected chi connectivity index (χ3v) is 6.99. The van der Waals surface area contributed by atoms with Crippen LogP contribution in [-0.2, 0) is 13.6 Å². The van der Waals surface area contributed by atoms with Gasteiger partial charge in [-0.25, -0.2) is 0 Å². The van der Waals surface area contributed by atoms with Gasteiger partial charge in [-0.15, -0.1) is 23.2 Å². The molecule has 0 heterocycles. The molecule has 0 aromatic heterocycles. The summed E-state index contributed by atoms with van der Waals surface area (Å²) in [6.07, 6.45) is 3.24. The fourth-order valence-electron chi connectivity index (χ4n) is 1.76. The Morgan fingerprint density at radius 2 is 1.93 bits per heavy atom. The van der Waals surface area contributed by atoms with E-state index in [0.717, 1.165) is 19.3 Å². The summed E-state index contributed by atoms with van der Waals surface area (Å²) in [7, 11) is -0.611. The molecule has 0 spiro atoms. The Morgan fingerprint density at radius 1 is 1.36 bits per heavy atom. The van der Waals surface area contributed by atoms with Crippen molar-refractivity contribution in [3.05, 3.63) is 0 Å². The van der Waals surface area contributed by atoms with Crippen molar-refractivity contribution in [1.82, 2.24) is 0 Å². The van der Waals surface area contributed by atoms with E-state index in [9.17, 15) is 4.57 Å². The predicted molar refractivity (Wildman–Crippen MR) is 58.3 cm³/mol. The van der Waals surface area contributed by atoms with E-state index in [2.05, 4.69) is 0 Å². The minimum atomic E-state index is -3.29. The number of rotatable bonds is 3. The van der Waals surface area contributed by atoms with Crippen LogP contribution in [0, 0.1) is 0 Å². The van der Waals surface area contributed by atoms with Crippen LogP contribution in [0.15, 0.2) is 0 Å². The highest BCUT2D eigenvalue weighted by Crippen LogP contribution is 2.67. The van der Waals surface area contributed by atoms with E-state index >= 15 is 0 Å². The zero-order valence-corrected chi connectivity index (χ0v) is 10.7. The SMILES string of the molecule is COP(=O)(OC)C1(Cl)CCCCC1Cl. The molecule has 0 saturated heterocycles. The average molecular weight is 261 g/mol. The van der Waals surface area contributed by atoms with Gasteiger partial charge in [0, 0.05) is 14.2 Å². The largest absolute Gasteiger partial charge is 0.352 e. The number of hydrogen-bond acceptors (Lipinski definition) is 3. The Labute approximate surface area is 94.6 Å². The zero-order chi connectivity index (χ0) is 10.8. The molecule has 0 aromatic rings. The third kappa shape index (κ3) is 1.98. The molecule has 1 saturated carbocycles. The normalized spacial score (nSPS) is 34.4. The van der Waals surface area contributed by atoms with Crippen molar-refractivity contribution < 1.29 is 13.6 Å². The van der Waals surface area contributed by atoms with Gasteiger partial charge in [-0.2, -0.15) is 0 Å². The van der Waals surface area contributed by atoms with Crippen molar-refractivity contribution >= 4 is 30.8 Å². The summed E-state index contributed by atoms with van der Waals surface area (Å²) in [5, 5.41) is -0.358. The summed E-state index contributed by atoms with van der Waals surface area (Å²) >= 11 is 12.4. The van der Waals surface area contributed by atoms with Gasteiger partial charge in [0.1, 0.15) is 0 Å². The average Bonchev–Trinajstić information content (AvgIpc) is 2.21. The van der Waals surface area contributed by atoms with Gasteiger partial charge in [0.15, 0.2) is 4.62 Å². The first-order chi connectivity index (χ1) is 6.50. The van der Waals surface area contributed by atoms with E-state index in [0.29, 0.717) is 6.42 Å². The van der Waals surface area contributed by atoms with Crippen LogP contribution in [0.2, 0.25) is 0 Å². The van der Waals surface area contributed by atoms with Crippen molar-refractivity contribution in [3.8, 4) is 0 Å². The third-order valence-electron chi connectivity index (χ3n) is 2.65. The molecule has 1 fully saturated rings. The molecular formula is C8H15Cl2O3P. The van der Waals surface area contributed by atoms with Crippen LogP contribution in [0.25, 0.3) is 0 Å². The summed E-state index contributed by atoms with van der Waals surface area (Å²) < 4.78 is 21.0. The second-order valence-electron chi connectivity index (χ2n) is 3.39. The van der Waals surface area contributed by atoms with Crippen molar-refractivity contribution in [1.29, 1.82) is 0 Å². The summed E-state index contributed by atoms with van der Waals surface area (Å²) in [6, 6.07) is 0. The second-order valence-corrected chi connectivity index (χ2v) is 7.38. The molecule has 2 atom stereocenters. The van der Waals surface area contributed by atoms with Crippen LogP contribution in [0.4, 0.5) is 0 Å². The first kappa shape index (κ1) is 12.8. The maximum absolute atomic E-state index is 12.2. The highest BCUT2D eigenvalue weighted by molar-refractivity contribution is 7.58. The molecule has 3 nitrogen and oxygen atoms in total. The van der Waals surface area contributed by atoms with Crippen molar-refractivity contribution in [2.24, 2.45) is 0 Å². The Hall–Kier alpha value is 0.730. The predicted octanol–water partition coefficient (Wildman–Crippen LogP) is 3.59. The van der Waals surface area contributed by atoms with E-state index in [1.54, 1.807) is 0 Å². The van der Waals surface area contributed by atoms with Crippen molar-refractivity contribution in [3.63, 3.8) is 0 Å². The van der Waals surface area contributed by atoms with Gasteiger partial charge in [0.25, 0.3) is 0 Å². The van der Waals surface area contributed by atoms with Crippen LogP contribution in [0.5, 0.6) is 0 Å². The first-order valence-electron chi connectivity index (χ1n) is 4.55. The standard InChI is InChI=1S/C8H15Cl2O3P/c1-12-14(11,13-2)8(10)6-4-3-5-7(8)9/h7H,3-6H2,1-2H3. The number of hydrogen-bond donors (Lipinski definition) is 0. The Balaban J connectivity index is 2.95. The van der Waals surface area contributed by atoms with Gasteiger partial charge >= 0.3 is 7.60 Å². The molecule has 0 aromatic carbocycles. The van der Waals surface area contributed by atoms with Crippen LogP contribution in [0.3, 0.4) is 0 Å². The molecule has 0 bridgehead atoms. The zero-order valence-electron chi connectivity index (χ0n) is 8.33. The highest BCUT2D eigenvalue weighted by atomic mass is 35.5. The van der Waals surface area contributed by atoms with Gasteiger partial charge in [-0.3, -0.25) is 4.57 Å². The highest BCUT2D eigenvalue weighted by Gasteiger charge is 2.54. The lowest BCUT2D eigenvalue weighted by atomic mass is 9.99. The number of alkyl halides is 2. The van der Waals surface area contributed by atoms with Crippen molar-refractivity contribution in [2.75, 3.05) is 14.2 Å². The van der Waals surface area contributed by atoms with Crippen LogP contribution in [0.1, 0.15) is 25.7 Å². The molecule has 0 N–H and O–H groups in total. The molecule has 0 radical (unpaired) electrons. The van der Waals surface area contributed by atoms with E-state index in [-0.39, 0.29) is 5.38 Å². The molecule has 14 heavy (non-hydrogen) atoms. The quantitative estimate of drug-likeness (QED) is 0.575. The van der Waals surface area contributed by atoms with Gasteiger partial charge < -0.3 is 9.05 Å². The maximum atomic E-state index is 12.2. The molecule has 1 rings (SSSR count). The Kier molecular flexibility index (Phi) is 4.31. The molecular weight excluding hydrogens is 246 g/mol. The van der Waals surface area contributed by atoms with Crippen LogP contribution < -0.4 is 0 Å². The Morgan fingerprint density at radius 3 is 2.36 bits per heavy atom. The summed E-state index contributed by atoms with van der Waals surface area (Å²) in [5.74, 6) is 0. The molecule has 1 aliphatic carbocycles. The fourth-order valence-corrected chi connectivity index (χ4v) is 4.70. The van der Waals surface area contributed by atoms with Gasteiger partial charge in [0.05, 0.1) is 5.38 Å². The van der Waals surface area contributed by atoms with Crippen LogP contribution in [-0.4, -0.2) is 24.2 Å². The van der Waals surface area contributed by atoms with Crippen LogP contribution >= 0.6 is 30.8 Å². The van der Waals surface area contributed by atoms with Gasteiger partial charge in [-0.1, -0.05) is 12.8 Å². The minimum absolute atomic E-state index is 0.358. The minimum Gasteiger partial charge on any atom is -0.311 e. The summed E-state index contributed by atoms with van der Waals surface area (Å²) in [5.41, 5.74) is 0. The summed E-state index contributed by atoms with van der Waals surface area (Å²) in [6.45, 7) is 0. The van der Waals surface area contributed by atoms with E-state index in [1.807, 2.05) is 0 Å². The lowest BCUT2D eigenvalue weighted by molar-refractivity contribution is 0.248.